The highest BCUT2D eigenvalue weighted by Crippen LogP contribution is 2.15. The molecule has 1 fully saturated rings. The number of nitrogens with zero attached hydrogens (tertiary/aromatic N) is 3. The molecule has 1 aromatic carbocycles. The van der Waals surface area contributed by atoms with Gasteiger partial charge in [0.15, 0.2) is 5.96 Å². The SMILES string of the molecule is CCN1CCCC1CNC(N)=NCc1ccc(Cn2ccccc2=O)cc1. The summed E-state index contributed by atoms with van der Waals surface area (Å²) in [4.78, 5) is 18.7. The van der Waals surface area contributed by atoms with E-state index in [1.165, 1.54) is 19.4 Å². The summed E-state index contributed by atoms with van der Waals surface area (Å²) in [5, 5.41) is 3.26. The Morgan fingerprint density at radius 1 is 1.22 bits per heavy atom. The van der Waals surface area contributed by atoms with Crippen LogP contribution in [-0.2, 0) is 13.1 Å². The second kappa shape index (κ2) is 9.37. The Bertz CT molecular complexity index is 812. The summed E-state index contributed by atoms with van der Waals surface area (Å²) < 4.78 is 1.69. The summed E-state index contributed by atoms with van der Waals surface area (Å²) in [6, 6.07) is 13.9. The van der Waals surface area contributed by atoms with E-state index >= 15 is 0 Å². The maximum Gasteiger partial charge on any atom is 0.250 e. The maximum atomic E-state index is 11.8. The van der Waals surface area contributed by atoms with E-state index < -0.39 is 0 Å². The Hall–Kier alpha value is -2.60. The molecule has 27 heavy (non-hydrogen) atoms. The van der Waals surface area contributed by atoms with Crippen LogP contribution in [0.3, 0.4) is 0 Å². The van der Waals surface area contributed by atoms with E-state index in [1.807, 2.05) is 30.3 Å². The molecule has 0 radical (unpaired) electrons. The molecule has 6 nitrogen and oxygen atoms in total. The summed E-state index contributed by atoms with van der Waals surface area (Å²) in [7, 11) is 0. The molecule has 1 atom stereocenters. The molecular formula is C21H29N5O. The van der Waals surface area contributed by atoms with Gasteiger partial charge in [-0.15, -0.1) is 0 Å². The largest absolute Gasteiger partial charge is 0.370 e. The number of rotatable bonds is 7. The lowest BCUT2D eigenvalue weighted by atomic mass is 10.1. The lowest BCUT2D eigenvalue weighted by molar-refractivity contribution is 0.267. The van der Waals surface area contributed by atoms with Gasteiger partial charge in [0.2, 0.25) is 0 Å². The van der Waals surface area contributed by atoms with Gasteiger partial charge in [-0.2, -0.15) is 0 Å². The quantitative estimate of drug-likeness (QED) is 0.578. The molecule has 3 N–H and O–H groups in total. The second-order valence-electron chi connectivity index (χ2n) is 6.99. The molecule has 0 spiro atoms. The zero-order valence-corrected chi connectivity index (χ0v) is 16.0. The van der Waals surface area contributed by atoms with Gasteiger partial charge in [0.05, 0.1) is 13.1 Å². The van der Waals surface area contributed by atoms with E-state index in [4.69, 9.17) is 5.73 Å². The fourth-order valence-corrected chi connectivity index (χ4v) is 3.54. The number of likely N-dealkylation sites (N-methyl/N-ethyl adjacent to an activating group) is 1. The Labute approximate surface area is 160 Å². The number of hydrogen-bond donors (Lipinski definition) is 2. The smallest absolute Gasteiger partial charge is 0.250 e. The number of guanidine groups is 1. The average molecular weight is 367 g/mol. The van der Waals surface area contributed by atoms with Crippen LogP contribution < -0.4 is 16.6 Å². The number of benzene rings is 1. The van der Waals surface area contributed by atoms with Crippen LogP contribution in [0, 0.1) is 0 Å². The highest BCUT2D eigenvalue weighted by atomic mass is 16.1. The first kappa shape index (κ1) is 19.2. The third kappa shape index (κ3) is 5.44. The molecule has 6 heteroatoms. The van der Waals surface area contributed by atoms with E-state index in [0.29, 0.717) is 25.1 Å². The number of hydrogen-bond acceptors (Lipinski definition) is 3. The number of aromatic nitrogens is 1. The van der Waals surface area contributed by atoms with Gasteiger partial charge >= 0.3 is 0 Å². The first-order valence-corrected chi connectivity index (χ1v) is 9.67. The molecule has 0 amide bonds. The third-order valence-electron chi connectivity index (χ3n) is 5.13. The fourth-order valence-electron chi connectivity index (χ4n) is 3.54. The summed E-state index contributed by atoms with van der Waals surface area (Å²) >= 11 is 0. The van der Waals surface area contributed by atoms with Crippen LogP contribution in [0.25, 0.3) is 0 Å². The predicted molar refractivity (Wildman–Crippen MR) is 110 cm³/mol. The van der Waals surface area contributed by atoms with Crippen LogP contribution in [0.1, 0.15) is 30.9 Å². The van der Waals surface area contributed by atoms with Crippen LogP contribution >= 0.6 is 0 Å². The Morgan fingerprint density at radius 3 is 2.74 bits per heavy atom. The summed E-state index contributed by atoms with van der Waals surface area (Å²) in [5.74, 6) is 0.498. The van der Waals surface area contributed by atoms with Crippen molar-refractivity contribution in [1.29, 1.82) is 0 Å². The number of nitrogens with one attached hydrogen (secondary N) is 1. The van der Waals surface area contributed by atoms with Gasteiger partial charge in [-0.3, -0.25) is 9.69 Å². The van der Waals surface area contributed by atoms with Gasteiger partial charge in [0, 0.05) is 24.8 Å². The molecule has 1 aromatic heterocycles. The third-order valence-corrected chi connectivity index (χ3v) is 5.13. The van der Waals surface area contributed by atoms with Gasteiger partial charge in [-0.05, 0) is 43.1 Å². The standard InChI is InChI=1S/C21H29N5O/c1-2-25-13-5-6-19(25)15-24-21(22)23-14-17-8-10-18(11-9-17)16-26-12-4-3-7-20(26)27/h3-4,7-12,19H,2,5-6,13-16H2,1H3,(H3,22,23,24). The van der Waals surface area contributed by atoms with Crippen molar-refractivity contribution in [3.05, 3.63) is 70.1 Å². The summed E-state index contributed by atoms with van der Waals surface area (Å²) in [5.41, 5.74) is 8.21. The van der Waals surface area contributed by atoms with Gasteiger partial charge in [-0.25, -0.2) is 4.99 Å². The van der Waals surface area contributed by atoms with Crippen molar-refractivity contribution in [1.82, 2.24) is 14.8 Å². The molecule has 0 bridgehead atoms. The lowest BCUT2D eigenvalue weighted by Crippen LogP contribution is -2.42. The van der Waals surface area contributed by atoms with Crippen molar-refractivity contribution in [2.45, 2.75) is 38.9 Å². The minimum atomic E-state index is 0.00826. The van der Waals surface area contributed by atoms with Crippen molar-refractivity contribution in [3.8, 4) is 0 Å². The minimum Gasteiger partial charge on any atom is -0.370 e. The molecule has 1 aliphatic rings. The van der Waals surface area contributed by atoms with Crippen molar-refractivity contribution in [3.63, 3.8) is 0 Å². The van der Waals surface area contributed by atoms with Gasteiger partial charge in [-0.1, -0.05) is 37.3 Å². The highest BCUT2D eigenvalue weighted by Gasteiger charge is 2.22. The summed E-state index contributed by atoms with van der Waals surface area (Å²) in [6.45, 7) is 6.45. The minimum absolute atomic E-state index is 0.00826. The van der Waals surface area contributed by atoms with Gasteiger partial charge < -0.3 is 15.6 Å². The fraction of sp³-hybridized carbons (Fsp3) is 0.429. The molecular weight excluding hydrogens is 338 g/mol. The van der Waals surface area contributed by atoms with Gasteiger partial charge in [0.25, 0.3) is 5.56 Å². The van der Waals surface area contributed by atoms with Gasteiger partial charge in [0.1, 0.15) is 0 Å². The van der Waals surface area contributed by atoms with Crippen molar-refractivity contribution >= 4 is 5.96 Å². The zero-order chi connectivity index (χ0) is 19.1. The van der Waals surface area contributed by atoms with Crippen LogP contribution in [0.5, 0.6) is 0 Å². The molecule has 1 unspecified atom stereocenters. The van der Waals surface area contributed by atoms with Crippen LogP contribution in [0.15, 0.2) is 58.4 Å². The second-order valence-corrected chi connectivity index (χ2v) is 6.99. The van der Waals surface area contributed by atoms with Crippen molar-refractivity contribution in [2.75, 3.05) is 19.6 Å². The normalized spacial score (nSPS) is 18.0. The van der Waals surface area contributed by atoms with E-state index in [0.717, 1.165) is 24.2 Å². The number of likely N-dealkylation sites (tertiary alicyclic amines) is 1. The number of aliphatic imine (C=N–C) groups is 1. The molecule has 2 aromatic rings. The van der Waals surface area contributed by atoms with Crippen molar-refractivity contribution in [2.24, 2.45) is 10.7 Å². The van der Waals surface area contributed by atoms with E-state index in [2.05, 4.69) is 22.1 Å². The molecule has 1 saturated heterocycles. The van der Waals surface area contributed by atoms with E-state index in [1.54, 1.807) is 22.9 Å². The molecule has 1 aliphatic heterocycles. The number of nitrogens with two attached hydrogens (primary N) is 1. The molecule has 2 heterocycles. The monoisotopic (exact) mass is 367 g/mol. The van der Waals surface area contributed by atoms with Crippen LogP contribution in [-0.4, -0.2) is 41.1 Å². The van der Waals surface area contributed by atoms with E-state index in [9.17, 15) is 4.79 Å². The number of pyridine rings is 1. The highest BCUT2D eigenvalue weighted by molar-refractivity contribution is 5.77. The maximum absolute atomic E-state index is 11.8. The Balaban J connectivity index is 1.49. The van der Waals surface area contributed by atoms with E-state index in [-0.39, 0.29) is 5.56 Å². The molecule has 0 saturated carbocycles. The van der Waals surface area contributed by atoms with Crippen molar-refractivity contribution < 1.29 is 0 Å². The predicted octanol–water partition coefficient (Wildman–Crippen LogP) is 1.79. The zero-order valence-electron chi connectivity index (χ0n) is 16.0. The molecule has 0 aliphatic carbocycles. The topological polar surface area (TPSA) is 75.7 Å². The van der Waals surface area contributed by atoms with Crippen LogP contribution in [0.4, 0.5) is 0 Å². The molecule has 144 valence electrons. The first-order valence-electron chi connectivity index (χ1n) is 9.67. The summed E-state index contributed by atoms with van der Waals surface area (Å²) in [6.07, 6.45) is 4.29. The molecule has 3 rings (SSSR count). The van der Waals surface area contributed by atoms with Crippen LogP contribution in [0.2, 0.25) is 0 Å². The first-order chi connectivity index (χ1) is 13.2. The Kier molecular flexibility index (Phi) is 6.65. The Morgan fingerprint density at radius 2 is 2.00 bits per heavy atom. The lowest BCUT2D eigenvalue weighted by Gasteiger charge is -2.23. The average Bonchev–Trinajstić information content (AvgIpc) is 3.15.